The molecule has 37 heavy (non-hydrogen) atoms. The zero-order valence-corrected chi connectivity index (χ0v) is 21.6. The lowest BCUT2D eigenvalue weighted by molar-refractivity contribution is -0.175. The molecule has 0 aliphatic carbocycles. The first-order valence-electron chi connectivity index (χ1n) is 12.1. The van der Waals surface area contributed by atoms with Crippen LogP contribution in [0.2, 0.25) is 0 Å². The van der Waals surface area contributed by atoms with Crippen LogP contribution in [0.25, 0.3) is 0 Å². The number of carbonyl (C=O) groups is 3. The van der Waals surface area contributed by atoms with Gasteiger partial charge in [0.15, 0.2) is 11.6 Å². The smallest absolute Gasteiger partial charge is 0.334 e. The number of ether oxygens (including phenoxy) is 1. The Balaban J connectivity index is 1.44. The van der Waals surface area contributed by atoms with E-state index < -0.39 is 56.4 Å². The van der Waals surface area contributed by atoms with E-state index in [-0.39, 0.29) is 0 Å². The van der Waals surface area contributed by atoms with Gasteiger partial charge in [-0.25, -0.2) is 4.79 Å². The van der Waals surface area contributed by atoms with Gasteiger partial charge in [-0.1, -0.05) is 78.9 Å². The Labute approximate surface area is 218 Å². The van der Waals surface area contributed by atoms with E-state index in [1.54, 1.807) is 51.1 Å². The first-order valence-corrected chi connectivity index (χ1v) is 13.3. The predicted molar refractivity (Wildman–Crippen MR) is 140 cm³/mol. The SMILES string of the molecule is CC1(C)S(=O)[C@@H]2[C@@H](NC(=O)c3ccccc3)C(=O)N2[C@]1(C)C(=O)OC(c1ccccc1)c1ccccc1. The summed E-state index contributed by atoms with van der Waals surface area (Å²) in [6.07, 6.45) is -0.708. The summed E-state index contributed by atoms with van der Waals surface area (Å²) in [5.41, 5.74) is 0.451. The van der Waals surface area contributed by atoms with Gasteiger partial charge in [-0.15, -0.1) is 0 Å². The monoisotopic (exact) mass is 516 g/mol. The molecule has 4 atom stereocenters. The van der Waals surface area contributed by atoms with Crippen molar-refractivity contribution in [3.8, 4) is 0 Å². The molecule has 0 bridgehead atoms. The number of nitrogens with zero attached hydrogens (tertiary/aromatic N) is 1. The third kappa shape index (κ3) is 3.87. The zero-order valence-electron chi connectivity index (χ0n) is 20.8. The molecule has 0 saturated carbocycles. The number of rotatable bonds is 6. The van der Waals surface area contributed by atoms with Crippen LogP contribution in [0, 0.1) is 0 Å². The fourth-order valence-corrected chi connectivity index (χ4v) is 7.16. The van der Waals surface area contributed by atoms with Gasteiger partial charge in [0.2, 0.25) is 5.91 Å². The van der Waals surface area contributed by atoms with Crippen molar-refractivity contribution in [1.29, 1.82) is 0 Å². The molecule has 2 saturated heterocycles. The molecule has 7 nitrogen and oxygen atoms in total. The normalized spacial score (nSPS) is 25.8. The molecule has 0 aromatic heterocycles. The van der Waals surface area contributed by atoms with E-state index in [0.717, 1.165) is 11.1 Å². The van der Waals surface area contributed by atoms with Gasteiger partial charge < -0.3 is 15.0 Å². The number of benzene rings is 3. The summed E-state index contributed by atoms with van der Waals surface area (Å²) in [5, 5.41) is 1.88. The average molecular weight is 517 g/mol. The van der Waals surface area contributed by atoms with E-state index in [2.05, 4.69) is 5.32 Å². The fourth-order valence-electron chi connectivity index (χ4n) is 5.04. The van der Waals surface area contributed by atoms with Crippen molar-refractivity contribution in [3.05, 3.63) is 108 Å². The van der Waals surface area contributed by atoms with Crippen LogP contribution in [0.5, 0.6) is 0 Å². The molecule has 2 fully saturated rings. The van der Waals surface area contributed by atoms with Crippen LogP contribution in [0.4, 0.5) is 0 Å². The minimum atomic E-state index is -1.65. The highest BCUT2D eigenvalue weighted by Gasteiger charge is 2.74. The van der Waals surface area contributed by atoms with Crippen LogP contribution in [0.1, 0.15) is 48.4 Å². The highest BCUT2D eigenvalue weighted by atomic mass is 32.2. The van der Waals surface area contributed by atoms with Crippen LogP contribution in [0.3, 0.4) is 0 Å². The molecule has 0 spiro atoms. The molecule has 3 aromatic carbocycles. The highest BCUT2D eigenvalue weighted by Crippen LogP contribution is 2.51. The molecule has 3 aromatic rings. The molecular weight excluding hydrogens is 488 g/mol. The van der Waals surface area contributed by atoms with Gasteiger partial charge in [0.1, 0.15) is 11.4 Å². The molecule has 2 heterocycles. The lowest BCUT2D eigenvalue weighted by Crippen LogP contribution is -2.75. The number of esters is 1. The van der Waals surface area contributed by atoms with Gasteiger partial charge in [0.25, 0.3) is 5.91 Å². The summed E-state index contributed by atoms with van der Waals surface area (Å²) >= 11 is 0. The molecular formula is C29H28N2O5S. The van der Waals surface area contributed by atoms with Crippen LogP contribution in [-0.4, -0.2) is 48.6 Å². The van der Waals surface area contributed by atoms with Gasteiger partial charge in [-0.3, -0.25) is 13.8 Å². The van der Waals surface area contributed by atoms with E-state index in [1.807, 2.05) is 60.7 Å². The first-order chi connectivity index (χ1) is 17.7. The Hall–Kier alpha value is -3.78. The van der Waals surface area contributed by atoms with E-state index in [4.69, 9.17) is 4.74 Å². The number of hydrogen-bond donors (Lipinski definition) is 1. The van der Waals surface area contributed by atoms with Crippen molar-refractivity contribution in [2.24, 2.45) is 0 Å². The van der Waals surface area contributed by atoms with Crippen molar-refractivity contribution in [2.45, 2.75) is 48.6 Å². The number of hydrogen-bond acceptors (Lipinski definition) is 5. The maximum atomic E-state index is 13.9. The summed E-state index contributed by atoms with van der Waals surface area (Å²) in [4.78, 5) is 41.4. The van der Waals surface area contributed by atoms with Crippen LogP contribution in [-0.2, 0) is 25.1 Å². The molecule has 190 valence electrons. The summed E-state index contributed by atoms with van der Waals surface area (Å²) in [6, 6.07) is 26.2. The van der Waals surface area contributed by atoms with Crippen molar-refractivity contribution in [1.82, 2.24) is 10.2 Å². The lowest BCUT2D eigenvalue weighted by atomic mass is 9.82. The Morgan fingerprint density at radius 1 is 0.865 bits per heavy atom. The van der Waals surface area contributed by atoms with Crippen LogP contribution >= 0.6 is 0 Å². The topological polar surface area (TPSA) is 92.8 Å². The van der Waals surface area contributed by atoms with Crippen LogP contribution < -0.4 is 5.32 Å². The van der Waals surface area contributed by atoms with E-state index in [1.165, 1.54) is 4.90 Å². The highest BCUT2D eigenvalue weighted by molar-refractivity contribution is 7.87. The van der Waals surface area contributed by atoms with Crippen LogP contribution in [0.15, 0.2) is 91.0 Å². The second-order valence-corrected chi connectivity index (χ2v) is 12.0. The standard InChI is InChI=1S/C29H28N2O5S/c1-28(2)29(3,27(34)36-23(19-13-7-4-8-14-19)20-15-9-5-10-16-20)31-25(33)22(26(31)37(28)35)30-24(32)21-17-11-6-12-18-21/h4-18,22-23,26H,1-3H3,(H,30,32)/t22-,26+,29+,37?/m0/s1. The number of carbonyl (C=O) groups excluding carboxylic acids is 3. The molecule has 0 radical (unpaired) electrons. The van der Waals surface area contributed by atoms with Gasteiger partial charge in [0.05, 0.1) is 15.5 Å². The number of nitrogens with one attached hydrogen (secondary N) is 1. The molecule has 8 heteroatoms. The van der Waals surface area contributed by atoms with Crippen molar-refractivity contribution in [3.63, 3.8) is 0 Å². The molecule has 2 amide bonds. The summed E-state index contributed by atoms with van der Waals surface area (Å²) < 4.78 is 18.7. The summed E-state index contributed by atoms with van der Waals surface area (Å²) in [6.45, 7) is 5.01. The molecule has 2 aliphatic rings. The van der Waals surface area contributed by atoms with E-state index in [9.17, 15) is 18.6 Å². The Kier molecular flexibility index (Phi) is 6.23. The number of β-lactam (4-membered cyclic amide) rings is 1. The molecule has 1 unspecified atom stereocenters. The van der Waals surface area contributed by atoms with Gasteiger partial charge in [-0.05, 0) is 44.0 Å². The second-order valence-electron chi connectivity index (χ2n) is 9.90. The van der Waals surface area contributed by atoms with Gasteiger partial charge in [0, 0.05) is 5.56 Å². The first kappa shape index (κ1) is 24.9. The van der Waals surface area contributed by atoms with Gasteiger partial charge >= 0.3 is 5.97 Å². The van der Waals surface area contributed by atoms with Crippen molar-refractivity contribution >= 4 is 28.6 Å². The number of amides is 2. The number of fused-ring (bicyclic) bond motifs is 1. The summed E-state index contributed by atoms with van der Waals surface area (Å²) in [5.74, 6) is -1.53. The predicted octanol–water partition coefficient (Wildman–Crippen LogP) is 3.59. The quantitative estimate of drug-likeness (QED) is 0.399. The fraction of sp³-hybridized carbons (Fsp3) is 0.276. The zero-order chi connectivity index (χ0) is 26.4. The van der Waals surface area contributed by atoms with E-state index in [0.29, 0.717) is 5.56 Å². The van der Waals surface area contributed by atoms with Crippen molar-refractivity contribution in [2.75, 3.05) is 0 Å². The third-order valence-corrected chi connectivity index (χ3v) is 9.89. The van der Waals surface area contributed by atoms with E-state index >= 15 is 0 Å². The minimum Gasteiger partial charge on any atom is -0.451 e. The molecule has 5 rings (SSSR count). The average Bonchev–Trinajstić information content (AvgIpc) is 3.07. The third-order valence-electron chi connectivity index (χ3n) is 7.57. The maximum absolute atomic E-state index is 13.9. The largest absolute Gasteiger partial charge is 0.451 e. The van der Waals surface area contributed by atoms with Crippen molar-refractivity contribution < 1.29 is 23.3 Å². The maximum Gasteiger partial charge on any atom is 0.334 e. The van der Waals surface area contributed by atoms with Gasteiger partial charge in [-0.2, -0.15) is 0 Å². The second kappa shape index (κ2) is 9.27. The summed E-state index contributed by atoms with van der Waals surface area (Å²) in [7, 11) is -1.65. The lowest BCUT2D eigenvalue weighted by Gasteiger charge is -2.48. The Morgan fingerprint density at radius 3 is 1.86 bits per heavy atom. The molecule has 1 N–H and O–H groups in total. The Morgan fingerprint density at radius 2 is 1.35 bits per heavy atom. The molecule has 2 aliphatic heterocycles. The minimum absolute atomic E-state index is 0.396. The Bertz CT molecular complexity index is 1320.